The van der Waals surface area contributed by atoms with Crippen molar-refractivity contribution in [3.63, 3.8) is 0 Å². The second-order valence-electron chi connectivity index (χ2n) is 5.00. The molecule has 112 valence electrons. The van der Waals surface area contributed by atoms with Crippen LogP contribution in [0.2, 0.25) is 0 Å². The lowest BCUT2D eigenvalue weighted by molar-refractivity contribution is -0.0000319. The minimum Gasteiger partial charge on any atom is -0.490 e. The predicted octanol–water partition coefficient (Wildman–Crippen LogP) is 3.05. The summed E-state index contributed by atoms with van der Waals surface area (Å²) in [6.07, 6.45) is 3.46. The fourth-order valence-electron chi connectivity index (χ4n) is 2.54. The van der Waals surface area contributed by atoms with Gasteiger partial charge < -0.3 is 19.9 Å². The summed E-state index contributed by atoms with van der Waals surface area (Å²) in [5, 5.41) is 0. The van der Waals surface area contributed by atoms with Crippen LogP contribution in [0.1, 0.15) is 44.7 Å². The summed E-state index contributed by atoms with van der Waals surface area (Å²) in [4.78, 5) is 0. The van der Waals surface area contributed by atoms with E-state index in [1.807, 2.05) is 32.0 Å². The van der Waals surface area contributed by atoms with Gasteiger partial charge in [0.15, 0.2) is 11.5 Å². The number of benzene rings is 1. The van der Waals surface area contributed by atoms with Crippen molar-refractivity contribution in [2.45, 2.75) is 45.3 Å². The smallest absolute Gasteiger partial charge is 0.161 e. The largest absolute Gasteiger partial charge is 0.490 e. The quantitative estimate of drug-likeness (QED) is 0.869. The van der Waals surface area contributed by atoms with Crippen LogP contribution in [0.3, 0.4) is 0 Å². The van der Waals surface area contributed by atoms with Gasteiger partial charge in [0.2, 0.25) is 0 Å². The molecule has 20 heavy (non-hydrogen) atoms. The molecule has 4 heteroatoms. The third-order valence-corrected chi connectivity index (χ3v) is 3.57. The Morgan fingerprint density at radius 3 is 2.60 bits per heavy atom. The van der Waals surface area contributed by atoms with Crippen LogP contribution >= 0.6 is 0 Å². The Morgan fingerprint density at radius 1 is 1.20 bits per heavy atom. The van der Waals surface area contributed by atoms with Gasteiger partial charge in [-0.15, -0.1) is 0 Å². The maximum Gasteiger partial charge on any atom is 0.161 e. The van der Waals surface area contributed by atoms with Crippen LogP contribution < -0.4 is 15.2 Å². The van der Waals surface area contributed by atoms with Crippen LogP contribution in [0.25, 0.3) is 0 Å². The van der Waals surface area contributed by atoms with Crippen LogP contribution in [-0.4, -0.2) is 25.9 Å². The molecule has 1 aromatic rings. The summed E-state index contributed by atoms with van der Waals surface area (Å²) in [5.41, 5.74) is 7.38. The van der Waals surface area contributed by atoms with Crippen LogP contribution in [0.15, 0.2) is 18.2 Å². The van der Waals surface area contributed by atoms with Gasteiger partial charge in [0.05, 0.1) is 25.4 Å². The molecular weight excluding hydrogens is 254 g/mol. The lowest BCUT2D eigenvalue weighted by atomic mass is 9.96. The average molecular weight is 279 g/mol. The Morgan fingerprint density at radius 2 is 1.95 bits per heavy atom. The van der Waals surface area contributed by atoms with E-state index >= 15 is 0 Å². The number of hydrogen-bond donors (Lipinski definition) is 1. The molecule has 1 fully saturated rings. The van der Waals surface area contributed by atoms with E-state index in [9.17, 15) is 0 Å². The van der Waals surface area contributed by atoms with E-state index in [0.29, 0.717) is 13.2 Å². The first-order valence-electron chi connectivity index (χ1n) is 7.53. The van der Waals surface area contributed by atoms with Gasteiger partial charge in [-0.25, -0.2) is 0 Å². The van der Waals surface area contributed by atoms with Crippen molar-refractivity contribution in [3.8, 4) is 11.5 Å². The predicted molar refractivity (Wildman–Crippen MR) is 79.3 cm³/mol. The second kappa shape index (κ2) is 7.50. The third-order valence-electron chi connectivity index (χ3n) is 3.57. The molecule has 0 bridgehead atoms. The van der Waals surface area contributed by atoms with E-state index in [4.69, 9.17) is 19.9 Å². The zero-order valence-corrected chi connectivity index (χ0v) is 12.4. The minimum absolute atomic E-state index is 0.106. The Balaban J connectivity index is 2.16. The lowest BCUT2D eigenvalue weighted by Crippen LogP contribution is -2.31. The van der Waals surface area contributed by atoms with Gasteiger partial charge in [-0.1, -0.05) is 6.07 Å². The zero-order valence-electron chi connectivity index (χ0n) is 12.4. The average Bonchev–Trinajstić information content (AvgIpc) is 2.50. The van der Waals surface area contributed by atoms with Gasteiger partial charge in [-0.2, -0.15) is 0 Å². The number of ether oxygens (including phenoxy) is 3. The standard InChI is InChI=1S/C16H25NO3/c1-3-18-13-9-8-12(11-15(13)19-4-2)16(17)14-7-5-6-10-20-14/h8-9,11,14,16H,3-7,10,17H2,1-2H3. The number of rotatable bonds is 6. The first-order valence-corrected chi connectivity index (χ1v) is 7.53. The second-order valence-corrected chi connectivity index (χ2v) is 5.00. The van der Waals surface area contributed by atoms with Crippen LogP contribution in [0.4, 0.5) is 0 Å². The van der Waals surface area contributed by atoms with E-state index in [1.54, 1.807) is 0 Å². The highest BCUT2D eigenvalue weighted by atomic mass is 16.5. The van der Waals surface area contributed by atoms with Gasteiger partial charge in [-0.3, -0.25) is 0 Å². The summed E-state index contributed by atoms with van der Waals surface area (Å²) in [7, 11) is 0. The number of nitrogens with two attached hydrogens (primary N) is 1. The van der Waals surface area contributed by atoms with Crippen molar-refractivity contribution in [3.05, 3.63) is 23.8 Å². The summed E-state index contributed by atoms with van der Waals surface area (Å²) in [5.74, 6) is 1.54. The molecule has 0 aromatic heterocycles. The molecule has 0 amide bonds. The third kappa shape index (κ3) is 3.64. The molecule has 0 spiro atoms. The monoisotopic (exact) mass is 279 g/mol. The molecule has 2 unspecified atom stereocenters. The molecule has 1 heterocycles. The molecule has 1 saturated heterocycles. The van der Waals surface area contributed by atoms with Crippen molar-refractivity contribution in [2.24, 2.45) is 5.73 Å². The summed E-state index contributed by atoms with van der Waals surface area (Å²) in [6, 6.07) is 5.82. The fourth-order valence-corrected chi connectivity index (χ4v) is 2.54. The summed E-state index contributed by atoms with van der Waals surface area (Å²) < 4.78 is 17.0. The Hall–Kier alpha value is -1.26. The van der Waals surface area contributed by atoms with Crippen molar-refractivity contribution in [1.29, 1.82) is 0 Å². The molecule has 1 aliphatic rings. The topological polar surface area (TPSA) is 53.7 Å². The maximum absolute atomic E-state index is 6.34. The van der Waals surface area contributed by atoms with Gasteiger partial charge >= 0.3 is 0 Å². The van der Waals surface area contributed by atoms with Crippen molar-refractivity contribution < 1.29 is 14.2 Å². The molecule has 2 rings (SSSR count). The molecule has 2 N–H and O–H groups in total. The molecule has 1 aliphatic heterocycles. The highest BCUT2D eigenvalue weighted by molar-refractivity contribution is 5.44. The van der Waals surface area contributed by atoms with Crippen molar-refractivity contribution >= 4 is 0 Å². The molecule has 0 radical (unpaired) electrons. The van der Waals surface area contributed by atoms with E-state index in [2.05, 4.69) is 0 Å². The van der Waals surface area contributed by atoms with E-state index in [1.165, 1.54) is 6.42 Å². The lowest BCUT2D eigenvalue weighted by Gasteiger charge is -2.28. The van der Waals surface area contributed by atoms with Crippen LogP contribution in [0, 0.1) is 0 Å². The normalized spacial score (nSPS) is 20.4. The molecule has 2 atom stereocenters. The fraction of sp³-hybridized carbons (Fsp3) is 0.625. The molecule has 1 aromatic carbocycles. The summed E-state index contributed by atoms with van der Waals surface area (Å²) >= 11 is 0. The van der Waals surface area contributed by atoms with Crippen molar-refractivity contribution in [1.82, 2.24) is 0 Å². The van der Waals surface area contributed by atoms with Gasteiger partial charge in [0, 0.05) is 6.61 Å². The minimum atomic E-state index is -0.106. The molecule has 4 nitrogen and oxygen atoms in total. The zero-order chi connectivity index (χ0) is 14.4. The number of hydrogen-bond acceptors (Lipinski definition) is 4. The SMILES string of the molecule is CCOc1ccc(C(N)C2CCCCO2)cc1OCC. The van der Waals surface area contributed by atoms with Crippen LogP contribution in [0.5, 0.6) is 11.5 Å². The highest BCUT2D eigenvalue weighted by Gasteiger charge is 2.23. The van der Waals surface area contributed by atoms with Gasteiger partial charge in [-0.05, 0) is 50.8 Å². The highest BCUT2D eigenvalue weighted by Crippen LogP contribution is 2.32. The van der Waals surface area contributed by atoms with E-state index in [-0.39, 0.29) is 12.1 Å². The summed E-state index contributed by atoms with van der Waals surface area (Å²) in [6.45, 7) is 5.97. The molecule has 0 saturated carbocycles. The van der Waals surface area contributed by atoms with Gasteiger partial charge in [0.25, 0.3) is 0 Å². The first kappa shape index (κ1) is 15.1. The molecular formula is C16H25NO3. The Labute approximate surface area is 121 Å². The maximum atomic E-state index is 6.34. The van der Waals surface area contributed by atoms with Gasteiger partial charge in [0.1, 0.15) is 0 Å². The first-order chi connectivity index (χ1) is 9.76. The van der Waals surface area contributed by atoms with Crippen molar-refractivity contribution in [2.75, 3.05) is 19.8 Å². The van der Waals surface area contributed by atoms with Crippen LogP contribution in [-0.2, 0) is 4.74 Å². The van der Waals surface area contributed by atoms with E-state index < -0.39 is 0 Å². The Bertz CT molecular complexity index is 416. The Kier molecular flexibility index (Phi) is 5.68. The molecule has 0 aliphatic carbocycles. The van der Waals surface area contributed by atoms with E-state index in [0.717, 1.165) is 36.5 Å².